The number of phenols is 1. The second-order valence-electron chi connectivity index (χ2n) is 5.41. The fourth-order valence-electron chi connectivity index (χ4n) is 3.64. The molecule has 1 N–H and O–H groups in total. The molecule has 0 amide bonds. The van der Waals surface area contributed by atoms with Gasteiger partial charge in [0.1, 0.15) is 5.75 Å². The summed E-state index contributed by atoms with van der Waals surface area (Å²) in [6.07, 6.45) is 6.37. The van der Waals surface area contributed by atoms with E-state index in [2.05, 4.69) is 13.0 Å². The number of aromatic hydroxyl groups is 1. The summed E-state index contributed by atoms with van der Waals surface area (Å²) < 4.78 is 0. The summed E-state index contributed by atoms with van der Waals surface area (Å²) in [6, 6.07) is 5.71. The van der Waals surface area contributed by atoms with Gasteiger partial charge < -0.3 is 5.11 Å². The number of fused-ring (bicyclic) bond motifs is 3. The molecule has 18 heavy (non-hydrogen) atoms. The van der Waals surface area contributed by atoms with Crippen molar-refractivity contribution in [2.24, 2.45) is 0 Å². The third-order valence-corrected chi connectivity index (χ3v) is 4.62. The molecule has 0 fully saturated rings. The minimum Gasteiger partial charge on any atom is -0.508 e. The van der Waals surface area contributed by atoms with E-state index >= 15 is 0 Å². The predicted octanol–water partition coefficient (Wildman–Crippen LogP) is 3.28. The first kappa shape index (κ1) is 11.5. The lowest BCUT2D eigenvalue weighted by Crippen LogP contribution is -2.36. The van der Waals surface area contributed by atoms with Crippen molar-refractivity contribution >= 4 is 5.78 Å². The van der Waals surface area contributed by atoms with Crippen LogP contribution in [0.25, 0.3) is 0 Å². The topological polar surface area (TPSA) is 37.3 Å². The normalized spacial score (nSPS) is 26.3. The Morgan fingerprint density at radius 2 is 2.11 bits per heavy atom. The molecule has 0 unspecified atom stereocenters. The molecule has 0 bridgehead atoms. The van der Waals surface area contributed by atoms with Crippen LogP contribution >= 0.6 is 0 Å². The Kier molecular flexibility index (Phi) is 2.54. The molecule has 2 heteroatoms. The van der Waals surface area contributed by atoms with Gasteiger partial charge >= 0.3 is 0 Å². The van der Waals surface area contributed by atoms with Gasteiger partial charge in [0.25, 0.3) is 0 Å². The molecule has 2 nitrogen and oxygen atoms in total. The van der Waals surface area contributed by atoms with Gasteiger partial charge in [-0.15, -0.1) is 0 Å². The monoisotopic (exact) mass is 242 g/mol. The van der Waals surface area contributed by atoms with Crippen LogP contribution in [0.5, 0.6) is 5.75 Å². The highest BCUT2D eigenvalue weighted by Gasteiger charge is 2.41. The lowest BCUT2D eigenvalue weighted by atomic mass is 9.60. The van der Waals surface area contributed by atoms with Gasteiger partial charge in [0.15, 0.2) is 5.78 Å². The van der Waals surface area contributed by atoms with E-state index in [1.807, 2.05) is 12.1 Å². The van der Waals surface area contributed by atoms with E-state index < -0.39 is 0 Å². The predicted molar refractivity (Wildman–Crippen MR) is 70.7 cm³/mol. The zero-order chi connectivity index (χ0) is 12.8. The Bertz CT molecular complexity index is 542. The molecule has 2 aliphatic rings. The second-order valence-corrected chi connectivity index (χ2v) is 5.41. The number of hydrogen-bond donors (Lipinski definition) is 1. The number of aryl methyl sites for hydroxylation is 1. The summed E-state index contributed by atoms with van der Waals surface area (Å²) in [4.78, 5) is 11.6. The maximum absolute atomic E-state index is 11.6. The van der Waals surface area contributed by atoms with Gasteiger partial charge in [0.2, 0.25) is 0 Å². The van der Waals surface area contributed by atoms with E-state index in [1.54, 1.807) is 6.07 Å². The minimum atomic E-state index is 0.0508. The summed E-state index contributed by atoms with van der Waals surface area (Å²) >= 11 is 0. The molecular weight excluding hydrogens is 224 g/mol. The van der Waals surface area contributed by atoms with Crippen LogP contribution in [-0.4, -0.2) is 10.9 Å². The molecule has 2 aliphatic carbocycles. The number of rotatable bonds is 1. The number of allylic oxidation sites excluding steroid dienone is 2. The van der Waals surface area contributed by atoms with E-state index in [0.717, 1.165) is 25.7 Å². The highest BCUT2D eigenvalue weighted by Crippen LogP contribution is 2.49. The van der Waals surface area contributed by atoms with Gasteiger partial charge in [0, 0.05) is 11.8 Å². The molecule has 0 saturated carbocycles. The van der Waals surface area contributed by atoms with E-state index in [-0.39, 0.29) is 11.2 Å². The van der Waals surface area contributed by atoms with Crippen molar-refractivity contribution in [1.82, 2.24) is 0 Å². The number of phenolic OH excluding ortho intramolecular Hbond substituents is 1. The summed E-state index contributed by atoms with van der Waals surface area (Å²) in [5.74, 6) is 0.621. The van der Waals surface area contributed by atoms with Crippen LogP contribution in [-0.2, 0) is 16.6 Å². The van der Waals surface area contributed by atoms with Gasteiger partial charge in [-0.05, 0) is 55.0 Å². The molecule has 0 spiro atoms. The smallest absolute Gasteiger partial charge is 0.155 e. The first-order valence-electron chi connectivity index (χ1n) is 6.72. The van der Waals surface area contributed by atoms with Crippen molar-refractivity contribution in [1.29, 1.82) is 0 Å². The first-order chi connectivity index (χ1) is 8.65. The van der Waals surface area contributed by atoms with Gasteiger partial charge in [-0.2, -0.15) is 0 Å². The van der Waals surface area contributed by atoms with Crippen molar-refractivity contribution in [2.45, 2.75) is 44.4 Å². The van der Waals surface area contributed by atoms with Crippen LogP contribution in [0, 0.1) is 0 Å². The summed E-state index contributed by atoms with van der Waals surface area (Å²) in [5.41, 5.74) is 3.94. The molecule has 1 atom stereocenters. The maximum atomic E-state index is 11.6. The number of benzene rings is 1. The lowest BCUT2D eigenvalue weighted by Gasteiger charge is -2.43. The van der Waals surface area contributed by atoms with Crippen molar-refractivity contribution in [3.05, 3.63) is 41.0 Å². The number of hydrogen-bond acceptors (Lipinski definition) is 2. The largest absolute Gasteiger partial charge is 0.508 e. The van der Waals surface area contributed by atoms with Gasteiger partial charge in [-0.25, -0.2) is 0 Å². The van der Waals surface area contributed by atoms with Crippen molar-refractivity contribution in [2.75, 3.05) is 0 Å². The van der Waals surface area contributed by atoms with Crippen LogP contribution in [0.15, 0.2) is 29.8 Å². The SMILES string of the molecule is CC[C@@]12CCC(=O)C=C1CCc1cc(O)ccc12. The van der Waals surface area contributed by atoms with Crippen molar-refractivity contribution in [3.8, 4) is 5.75 Å². The molecule has 0 aromatic heterocycles. The van der Waals surface area contributed by atoms with Gasteiger partial charge in [-0.1, -0.05) is 18.6 Å². The van der Waals surface area contributed by atoms with Crippen LogP contribution < -0.4 is 0 Å². The Balaban J connectivity index is 2.19. The summed E-state index contributed by atoms with van der Waals surface area (Å²) in [5, 5.41) is 9.61. The Labute approximate surface area is 107 Å². The highest BCUT2D eigenvalue weighted by atomic mass is 16.3. The number of carbonyl (C=O) groups excluding carboxylic acids is 1. The minimum absolute atomic E-state index is 0.0508. The molecule has 1 aromatic rings. The van der Waals surface area contributed by atoms with Crippen molar-refractivity contribution < 1.29 is 9.90 Å². The standard InChI is InChI=1S/C16H18O2/c1-2-16-8-7-14(18)10-12(16)4-3-11-9-13(17)5-6-15(11)16/h5-6,9-10,17H,2-4,7-8H2,1H3/t16-/m1/s1. The molecule has 0 aliphatic heterocycles. The molecule has 0 heterocycles. The van der Waals surface area contributed by atoms with E-state index in [4.69, 9.17) is 0 Å². The van der Waals surface area contributed by atoms with Crippen LogP contribution in [0.4, 0.5) is 0 Å². The highest BCUT2D eigenvalue weighted by molar-refractivity contribution is 5.92. The van der Waals surface area contributed by atoms with Crippen LogP contribution in [0.2, 0.25) is 0 Å². The Hall–Kier alpha value is -1.57. The molecule has 3 rings (SSSR count). The molecule has 1 aromatic carbocycles. The van der Waals surface area contributed by atoms with Gasteiger partial charge in [-0.3, -0.25) is 4.79 Å². The fraction of sp³-hybridized carbons (Fsp3) is 0.438. The third-order valence-electron chi connectivity index (χ3n) is 4.62. The van der Waals surface area contributed by atoms with E-state index in [1.165, 1.54) is 16.7 Å². The number of ketones is 1. The average Bonchev–Trinajstić information content (AvgIpc) is 2.38. The van der Waals surface area contributed by atoms with Crippen LogP contribution in [0.3, 0.4) is 0 Å². The number of carbonyl (C=O) groups is 1. The quantitative estimate of drug-likeness (QED) is 0.820. The zero-order valence-corrected chi connectivity index (χ0v) is 10.7. The van der Waals surface area contributed by atoms with E-state index in [9.17, 15) is 9.90 Å². The molecule has 0 radical (unpaired) electrons. The van der Waals surface area contributed by atoms with E-state index in [0.29, 0.717) is 12.2 Å². The van der Waals surface area contributed by atoms with Crippen molar-refractivity contribution in [3.63, 3.8) is 0 Å². The molecule has 94 valence electrons. The summed E-state index contributed by atoms with van der Waals surface area (Å²) in [6.45, 7) is 2.20. The van der Waals surface area contributed by atoms with Gasteiger partial charge in [0.05, 0.1) is 0 Å². The Morgan fingerprint density at radius 1 is 1.28 bits per heavy atom. The molecule has 0 saturated heterocycles. The lowest BCUT2D eigenvalue weighted by molar-refractivity contribution is -0.115. The van der Waals surface area contributed by atoms with Crippen LogP contribution in [0.1, 0.15) is 43.7 Å². The maximum Gasteiger partial charge on any atom is 0.155 e. The fourth-order valence-corrected chi connectivity index (χ4v) is 3.64. The first-order valence-corrected chi connectivity index (χ1v) is 6.72. The zero-order valence-electron chi connectivity index (χ0n) is 10.7. The molecular formula is C16H18O2. The average molecular weight is 242 g/mol. The Morgan fingerprint density at radius 3 is 2.89 bits per heavy atom. The third kappa shape index (κ3) is 1.52. The second kappa shape index (κ2) is 3.98. The summed E-state index contributed by atoms with van der Waals surface area (Å²) in [7, 11) is 0.